The highest BCUT2D eigenvalue weighted by Crippen LogP contribution is 2.33. The maximum absolute atomic E-state index is 12.7. The summed E-state index contributed by atoms with van der Waals surface area (Å²) in [7, 11) is 0. The van der Waals surface area contributed by atoms with Gasteiger partial charge < -0.3 is 19.4 Å². The normalized spacial score (nSPS) is 18.3. The second-order valence-electron chi connectivity index (χ2n) is 13.1. The van der Waals surface area contributed by atoms with Crippen molar-refractivity contribution in [1.29, 1.82) is 0 Å². The number of nitrogens with one attached hydrogen (secondary N) is 2. The van der Waals surface area contributed by atoms with Gasteiger partial charge in [-0.05, 0) is 103 Å². The van der Waals surface area contributed by atoms with Gasteiger partial charge in [-0.25, -0.2) is 19.6 Å². The van der Waals surface area contributed by atoms with Crippen LogP contribution in [0.15, 0.2) is 36.7 Å². The first-order valence-corrected chi connectivity index (χ1v) is 15.1. The zero-order valence-corrected chi connectivity index (χ0v) is 26.3. The van der Waals surface area contributed by atoms with Gasteiger partial charge in [0.2, 0.25) is 0 Å². The minimum absolute atomic E-state index is 0.0983. The Labute approximate surface area is 258 Å². The first kappa shape index (κ1) is 30.7. The molecule has 0 bridgehead atoms. The highest BCUT2D eigenvalue weighted by molar-refractivity contribution is 5.69. The van der Waals surface area contributed by atoms with E-state index in [1.165, 1.54) is 0 Å². The molecule has 2 atom stereocenters. The van der Waals surface area contributed by atoms with Crippen molar-refractivity contribution in [3.63, 3.8) is 0 Å². The molecule has 10 heteroatoms. The van der Waals surface area contributed by atoms with E-state index < -0.39 is 11.2 Å². The number of carbonyl (C=O) groups excluding carboxylic acids is 2. The van der Waals surface area contributed by atoms with Crippen LogP contribution in [0.25, 0.3) is 0 Å². The summed E-state index contributed by atoms with van der Waals surface area (Å²) in [6, 6.07) is 7.42. The lowest BCUT2D eigenvalue weighted by Gasteiger charge is -2.28. The molecule has 230 valence electrons. The first-order valence-electron chi connectivity index (χ1n) is 15.1. The quantitative estimate of drug-likeness (QED) is 0.347. The fourth-order valence-corrected chi connectivity index (χ4v) is 5.26. The molecule has 5 rings (SSSR count). The highest BCUT2D eigenvalue weighted by atomic mass is 16.6. The van der Waals surface area contributed by atoms with E-state index in [1.54, 1.807) is 22.2 Å². The van der Waals surface area contributed by atoms with Gasteiger partial charge in [0.25, 0.3) is 0 Å². The van der Waals surface area contributed by atoms with Gasteiger partial charge in [0, 0.05) is 24.2 Å². The molecule has 2 N–H and O–H groups in total. The molecule has 2 aliphatic rings. The van der Waals surface area contributed by atoms with E-state index in [0.29, 0.717) is 24.6 Å². The van der Waals surface area contributed by atoms with Crippen molar-refractivity contribution in [1.82, 2.24) is 29.7 Å². The van der Waals surface area contributed by atoms with Crippen LogP contribution in [0.1, 0.15) is 113 Å². The second kappa shape index (κ2) is 12.5. The summed E-state index contributed by atoms with van der Waals surface area (Å²) in [5.74, 6) is 13.8. The Kier molecular flexibility index (Phi) is 8.73. The van der Waals surface area contributed by atoms with E-state index >= 15 is 0 Å². The van der Waals surface area contributed by atoms with E-state index in [0.717, 1.165) is 48.3 Å². The smallest absolute Gasteiger partial charge is 0.410 e. The summed E-state index contributed by atoms with van der Waals surface area (Å²) in [5.41, 5.74) is 2.12. The number of rotatable bonds is 2. The largest absolute Gasteiger partial charge is 0.444 e. The zero-order chi connectivity index (χ0) is 31.5. The van der Waals surface area contributed by atoms with Crippen LogP contribution in [0, 0.1) is 23.7 Å². The molecule has 1 aromatic carbocycles. The number of H-pyrrole nitrogens is 2. The molecule has 0 saturated carbocycles. The number of hydrogen-bond donors (Lipinski definition) is 2. The number of benzene rings is 1. The third-order valence-corrected chi connectivity index (χ3v) is 7.18. The van der Waals surface area contributed by atoms with Crippen LogP contribution >= 0.6 is 0 Å². The van der Waals surface area contributed by atoms with Crippen molar-refractivity contribution in [3.8, 4) is 23.7 Å². The van der Waals surface area contributed by atoms with Gasteiger partial charge in [-0.2, -0.15) is 0 Å². The van der Waals surface area contributed by atoms with E-state index in [1.807, 2.05) is 65.8 Å². The third kappa shape index (κ3) is 7.82. The number of likely N-dealkylation sites (tertiary alicyclic amines) is 2. The minimum atomic E-state index is -0.546. The van der Waals surface area contributed by atoms with Gasteiger partial charge in [-0.3, -0.25) is 9.80 Å². The number of ether oxygens (including phenoxy) is 2. The number of nitrogens with zero attached hydrogens (tertiary/aromatic N) is 4. The highest BCUT2D eigenvalue weighted by Gasteiger charge is 2.35. The molecule has 2 amide bonds. The van der Waals surface area contributed by atoms with Crippen LogP contribution in [0.4, 0.5) is 9.59 Å². The molecule has 2 fully saturated rings. The maximum atomic E-state index is 12.7. The fourth-order valence-electron chi connectivity index (χ4n) is 5.26. The van der Waals surface area contributed by atoms with E-state index in [-0.39, 0.29) is 24.3 Å². The Balaban J connectivity index is 1.19. The maximum Gasteiger partial charge on any atom is 0.410 e. The van der Waals surface area contributed by atoms with E-state index in [2.05, 4.69) is 43.6 Å². The van der Waals surface area contributed by atoms with Gasteiger partial charge >= 0.3 is 12.2 Å². The van der Waals surface area contributed by atoms with Crippen LogP contribution in [0.2, 0.25) is 0 Å². The van der Waals surface area contributed by atoms with Crippen LogP contribution in [0.5, 0.6) is 0 Å². The average molecular weight is 597 g/mol. The number of aromatic amines is 2. The van der Waals surface area contributed by atoms with Gasteiger partial charge in [0.1, 0.15) is 22.7 Å². The first-order chi connectivity index (χ1) is 20.8. The summed E-state index contributed by atoms with van der Waals surface area (Å²) in [5, 5.41) is 0. The standard InChI is InChI=1S/C34H40N6O4/c1-33(2,3)43-31(41)39-19-7-9-27(39)26-22-35-29(38-26)18-16-24-13-11-23(12-14-24)15-17-25-21-36-30(37-25)28-10-8-20-40(28)32(42)44-34(4,5)6/h11-14,21-22,27-28H,7-10,19-20H2,1-6H3,(H,35,38)(H,36,37)/t27-,28-/m1/s1. The molecule has 44 heavy (non-hydrogen) atoms. The summed E-state index contributed by atoms with van der Waals surface area (Å²) in [4.78, 5) is 44.2. The van der Waals surface area contributed by atoms with Crippen molar-refractivity contribution < 1.29 is 19.1 Å². The molecule has 2 aliphatic heterocycles. The predicted octanol–water partition coefficient (Wildman–Crippen LogP) is 6.08. The summed E-state index contributed by atoms with van der Waals surface area (Å²) < 4.78 is 11.1. The van der Waals surface area contributed by atoms with Gasteiger partial charge in [0.05, 0.1) is 30.2 Å². The Morgan fingerprint density at radius 2 is 1.30 bits per heavy atom. The Morgan fingerprint density at radius 1 is 0.750 bits per heavy atom. The monoisotopic (exact) mass is 596 g/mol. The van der Waals surface area contributed by atoms with Gasteiger partial charge in [0.15, 0.2) is 5.82 Å². The van der Waals surface area contributed by atoms with Gasteiger partial charge in [-0.1, -0.05) is 11.8 Å². The molecule has 2 saturated heterocycles. The van der Waals surface area contributed by atoms with Gasteiger partial charge in [-0.15, -0.1) is 0 Å². The van der Waals surface area contributed by atoms with Crippen LogP contribution < -0.4 is 0 Å². The molecule has 10 nitrogen and oxygen atoms in total. The van der Waals surface area contributed by atoms with Crippen molar-refractivity contribution in [2.45, 2.75) is 90.5 Å². The SMILES string of the molecule is CC(C)(C)OC(=O)N1CCC[C@@H]1c1cnc(C#Cc2ccc(C#Cc3cnc([C@H]4CCCN4C(=O)OC(C)(C)C)[nH]3)cc2)[nH]1. The fraction of sp³-hybridized carbons (Fsp3) is 0.471. The Bertz CT molecular complexity index is 1500. The predicted molar refractivity (Wildman–Crippen MR) is 165 cm³/mol. The number of aromatic nitrogens is 4. The lowest BCUT2D eigenvalue weighted by atomic mass is 10.1. The number of imidazole rings is 2. The molecule has 0 spiro atoms. The zero-order valence-electron chi connectivity index (χ0n) is 26.3. The molecule has 0 aliphatic carbocycles. The van der Waals surface area contributed by atoms with Crippen molar-refractivity contribution in [2.75, 3.05) is 13.1 Å². The molecular weight excluding hydrogens is 556 g/mol. The average Bonchev–Trinajstić information content (AvgIpc) is 3.75. The van der Waals surface area contributed by atoms with Crippen molar-refractivity contribution >= 4 is 12.2 Å². The topological polar surface area (TPSA) is 116 Å². The second-order valence-corrected chi connectivity index (χ2v) is 13.1. The van der Waals surface area contributed by atoms with E-state index in [4.69, 9.17) is 9.47 Å². The van der Waals surface area contributed by atoms with E-state index in [9.17, 15) is 9.59 Å². The Hall–Kier alpha value is -4.70. The van der Waals surface area contributed by atoms with Crippen LogP contribution in [0.3, 0.4) is 0 Å². The molecule has 4 heterocycles. The minimum Gasteiger partial charge on any atom is -0.444 e. The molecule has 0 radical (unpaired) electrons. The summed E-state index contributed by atoms with van der Waals surface area (Å²) >= 11 is 0. The van der Waals surface area contributed by atoms with Crippen LogP contribution in [-0.2, 0) is 9.47 Å². The Morgan fingerprint density at radius 3 is 1.89 bits per heavy atom. The van der Waals surface area contributed by atoms with Crippen molar-refractivity contribution in [3.05, 3.63) is 70.8 Å². The molecule has 2 aromatic heterocycles. The molecule has 0 unspecified atom stereocenters. The molecular formula is C34H40N6O4. The molecule has 3 aromatic rings. The lowest BCUT2D eigenvalue weighted by molar-refractivity contribution is 0.0209. The summed E-state index contributed by atoms with van der Waals surface area (Å²) in [6.45, 7) is 12.5. The van der Waals surface area contributed by atoms with Crippen molar-refractivity contribution in [2.24, 2.45) is 0 Å². The lowest BCUT2D eigenvalue weighted by Crippen LogP contribution is -2.36. The summed E-state index contributed by atoms with van der Waals surface area (Å²) in [6.07, 6.45) is 6.30. The number of hydrogen-bond acceptors (Lipinski definition) is 6. The third-order valence-electron chi connectivity index (χ3n) is 7.18. The number of carbonyl (C=O) groups is 2. The van der Waals surface area contributed by atoms with Crippen LogP contribution in [-0.4, -0.2) is 66.2 Å². The number of amides is 2.